The van der Waals surface area contributed by atoms with Crippen molar-refractivity contribution in [1.29, 1.82) is 0 Å². The second-order valence-corrected chi connectivity index (χ2v) is 6.72. The number of nitrogens with one attached hydrogen (secondary N) is 1. The Hall–Kier alpha value is -1.75. The number of amides is 2. The molecule has 3 heterocycles. The van der Waals surface area contributed by atoms with Crippen molar-refractivity contribution in [3.63, 3.8) is 0 Å². The van der Waals surface area contributed by atoms with Gasteiger partial charge in [0.05, 0.1) is 18.7 Å². The number of fused-ring (bicyclic) bond motifs is 4. The van der Waals surface area contributed by atoms with Gasteiger partial charge >= 0.3 is 6.03 Å². The maximum atomic E-state index is 12.6. The van der Waals surface area contributed by atoms with E-state index < -0.39 is 5.72 Å². The smallest absolute Gasteiger partial charge is 0.321 e. The summed E-state index contributed by atoms with van der Waals surface area (Å²) in [6.07, 6.45) is 2.98. The molecule has 1 aromatic carbocycles. The molecule has 22 heavy (non-hydrogen) atoms. The van der Waals surface area contributed by atoms with E-state index in [0.717, 1.165) is 42.7 Å². The molecule has 3 aliphatic heterocycles. The molecule has 0 radical (unpaired) electrons. The fourth-order valence-corrected chi connectivity index (χ4v) is 3.84. The number of urea groups is 1. The van der Waals surface area contributed by atoms with Gasteiger partial charge in [-0.25, -0.2) is 4.79 Å². The summed E-state index contributed by atoms with van der Waals surface area (Å²) in [6, 6.07) is 6.09. The summed E-state index contributed by atoms with van der Waals surface area (Å²) < 4.78 is 12.0. The number of benzene rings is 1. The Kier molecular flexibility index (Phi) is 3.08. The Morgan fingerprint density at radius 3 is 3.09 bits per heavy atom. The lowest BCUT2D eigenvalue weighted by molar-refractivity contribution is -0.0976. The molecular weight excluding hydrogens is 280 g/mol. The van der Waals surface area contributed by atoms with Gasteiger partial charge in [-0.15, -0.1) is 0 Å². The Bertz CT molecular complexity index is 612. The van der Waals surface area contributed by atoms with Crippen LogP contribution in [0.5, 0.6) is 5.75 Å². The number of hydrogen-bond acceptors (Lipinski definition) is 3. The van der Waals surface area contributed by atoms with Crippen LogP contribution < -0.4 is 10.1 Å². The van der Waals surface area contributed by atoms with Gasteiger partial charge in [-0.2, -0.15) is 0 Å². The van der Waals surface area contributed by atoms with Crippen LogP contribution >= 0.6 is 0 Å². The first-order valence-electron chi connectivity index (χ1n) is 8.05. The number of aryl methyl sites for hydroxylation is 1. The highest BCUT2D eigenvalue weighted by atomic mass is 16.5. The molecule has 4 rings (SSSR count). The van der Waals surface area contributed by atoms with Crippen LogP contribution in [0, 0.1) is 6.92 Å². The predicted octanol–water partition coefficient (Wildman–Crippen LogP) is 2.74. The van der Waals surface area contributed by atoms with E-state index in [-0.39, 0.29) is 18.2 Å². The molecule has 2 saturated heterocycles. The van der Waals surface area contributed by atoms with Crippen molar-refractivity contribution in [1.82, 2.24) is 10.2 Å². The average molecular weight is 302 g/mol. The van der Waals surface area contributed by atoms with Crippen LogP contribution in [0.15, 0.2) is 18.2 Å². The third kappa shape index (κ3) is 2.07. The van der Waals surface area contributed by atoms with Crippen LogP contribution in [0.25, 0.3) is 0 Å². The quantitative estimate of drug-likeness (QED) is 0.914. The zero-order valence-corrected chi connectivity index (χ0v) is 13.1. The van der Waals surface area contributed by atoms with E-state index in [1.54, 1.807) is 0 Å². The van der Waals surface area contributed by atoms with E-state index in [1.165, 1.54) is 0 Å². The van der Waals surface area contributed by atoms with Crippen LogP contribution in [0.4, 0.5) is 4.79 Å². The van der Waals surface area contributed by atoms with Gasteiger partial charge in [0.2, 0.25) is 0 Å². The summed E-state index contributed by atoms with van der Waals surface area (Å²) >= 11 is 0. The molecule has 3 unspecified atom stereocenters. The van der Waals surface area contributed by atoms with Crippen LogP contribution in [-0.4, -0.2) is 35.9 Å². The molecule has 2 fully saturated rings. The van der Waals surface area contributed by atoms with Gasteiger partial charge in [-0.1, -0.05) is 18.2 Å². The first-order valence-corrected chi connectivity index (χ1v) is 8.05. The summed E-state index contributed by atoms with van der Waals surface area (Å²) in [5, 5.41) is 3.13. The molecule has 0 aliphatic carbocycles. The molecule has 1 N–H and O–H groups in total. The van der Waals surface area contributed by atoms with Gasteiger partial charge < -0.3 is 14.8 Å². The zero-order chi connectivity index (χ0) is 15.3. The molecule has 3 atom stereocenters. The van der Waals surface area contributed by atoms with E-state index in [2.05, 4.69) is 18.3 Å². The number of carbonyl (C=O) groups excluding carboxylic acids is 1. The zero-order valence-electron chi connectivity index (χ0n) is 13.1. The van der Waals surface area contributed by atoms with E-state index in [0.29, 0.717) is 6.54 Å². The number of carbonyl (C=O) groups is 1. The van der Waals surface area contributed by atoms with Crippen molar-refractivity contribution >= 4 is 6.03 Å². The lowest BCUT2D eigenvalue weighted by Gasteiger charge is -2.51. The van der Waals surface area contributed by atoms with Crippen LogP contribution in [0.3, 0.4) is 0 Å². The van der Waals surface area contributed by atoms with Gasteiger partial charge in [-0.3, -0.25) is 4.90 Å². The molecule has 0 spiro atoms. The van der Waals surface area contributed by atoms with Crippen molar-refractivity contribution < 1.29 is 14.3 Å². The lowest BCUT2D eigenvalue weighted by Crippen LogP contribution is -2.65. The van der Waals surface area contributed by atoms with Gasteiger partial charge in [0, 0.05) is 18.6 Å². The minimum Gasteiger partial charge on any atom is -0.467 e. The Labute approximate surface area is 130 Å². The van der Waals surface area contributed by atoms with Crippen LogP contribution in [-0.2, 0) is 4.74 Å². The van der Waals surface area contributed by atoms with Crippen LogP contribution in [0.1, 0.15) is 43.4 Å². The minimum absolute atomic E-state index is 0.0295. The Balaban J connectivity index is 1.67. The third-order valence-electron chi connectivity index (χ3n) is 5.05. The molecule has 2 amide bonds. The van der Waals surface area contributed by atoms with Gasteiger partial charge in [0.1, 0.15) is 5.75 Å². The van der Waals surface area contributed by atoms with Crippen molar-refractivity contribution in [3.05, 3.63) is 29.3 Å². The molecule has 1 aromatic rings. The summed E-state index contributed by atoms with van der Waals surface area (Å²) in [7, 11) is 0. The minimum atomic E-state index is -0.599. The number of hydrogen-bond donors (Lipinski definition) is 1. The molecule has 5 heteroatoms. The molecule has 3 aliphatic rings. The fourth-order valence-electron chi connectivity index (χ4n) is 3.84. The standard InChI is InChI=1S/C17H22N2O3/c1-11-5-3-7-13-14-9-17(2,22-15(11)13)19(16(20)18-14)10-12-6-4-8-21-12/h3,5,7,12,14H,4,6,8-10H2,1-2H3,(H,18,20). The van der Waals surface area contributed by atoms with E-state index >= 15 is 0 Å². The molecular formula is C17H22N2O3. The molecule has 118 valence electrons. The molecule has 0 saturated carbocycles. The van der Waals surface area contributed by atoms with E-state index in [9.17, 15) is 4.79 Å². The third-order valence-corrected chi connectivity index (χ3v) is 5.05. The van der Waals surface area contributed by atoms with Gasteiger partial charge in [0.15, 0.2) is 5.72 Å². The SMILES string of the molecule is Cc1cccc2c1OC1(C)CC2NC(=O)N1CC1CCCO1. The monoisotopic (exact) mass is 302 g/mol. The summed E-state index contributed by atoms with van der Waals surface area (Å²) in [5.41, 5.74) is 1.60. The average Bonchev–Trinajstić information content (AvgIpc) is 2.98. The molecule has 5 nitrogen and oxygen atoms in total. The van der Waals surface area contributed by atoms with Gasteiger partial charge in [-0.05, 0) is 32.3 Å². The first kappa shape index (κ1) is 13.9. The molecule has 2 bridgehead atoms. The summed E-state index contributed by atoms with van der Waals surface area (Å²) in [5.74, 6) is 0.915. The second kappa shape index (κ2) is 4.88. The normalized spacial score (nSPS) is 33.2. The predicted molar refractivity (Wildman–Crippen MR) is 81.8 cm³/mol. The fraction of sp³-hybridized carbons (Fsp3) is 0.588. The Morgan fingerprint density at radius 2 is 2.32 bits per heavy atom. The summed E-state index contributed by atoms with van der Waals surface area (Å²) in [4.78, 5) is 14.4. The topological polar surface area (TPSA) is 50.8 Å². The highest BCUT2D eigenvalue weighted by Crippen LogP contribution is 2.45. The maximum absolute atomic E-state index is 12.6. The van der Waals surface area contributed by atoms with Crippen molar-refractivity contribution in [2.45, 2.75) is 51.0 Å². The van der Waals surface area contributed by atoms with Gasteiger partial charge in [0.25, 0.3) is 0 Å². The highest BCUT2D eigenvalue weighted by molar-refractivity contribution is 5.77. The lowest BCUT2D eigenvalue weighted by atomic mass is 9.89. The molecule has 0 aromatic heterocycles. The Morgan fingerprint density at radius 1 is 1.45 bits per heavy atom. The first-order chi connectivity index (χ1) is 10.6. The van der Waals surface area contributed by atoms with Crippen LogP contribution in [0.2, 0.25) is 0 Å². The second-order valence-electron chi connectivity index (χ2n) is 6.72. The van der Waals surface area contributed by atoms with Crippen molar-refractivity contribution in [2.24, 2.45) is 0 Å². The maximum Gasteiger partial charge on any atom is 0.321 e. The number of nitrogens with zero attached hydrogens (tertiary/aromatic N) is 1. The largest absolute Gasteiger partial charge is 0.467 e. The van der Waals surface area contributed by atoms with Crippen molar-refractivity contribution in [3.8, 4) is 5.75 Å². The summed E-state index contributed by atoms with van der Waals surface area (Å²) in [6.45, 7) is 5.46. The van der Waals surface area contributed by atoms with E-state index in [1.807, 2.05) is 24.0 Å². The van der Waals surface area contributed by atoms with E-state index in [4.69, 9.17) is 9.47 Å². The van der Waals surface area contributed by atoms with Crippen molar-refractivity contribution in [2.75, 3.05) is 13.2 Å². The number of rotatable bonds is 2. The number of ether oxygens (including phenoxy) is 2. The highest BCUT2D eigenvalue weighted by Gasteiger charge is 2.50. The number of para-hydroxylation sites is 1.